The maximum atomic E-state index is 6.69. The zero-order valence-electron chi connectivity index (χ0n) is 13.9. The molecule has 1 aromatic rings. The van der Waals surface area contributed by atoms with Gasteiger partial charge in [-0.3, -0.25) is 0 Å². The van der Waals surface area contributed by atoms with Gasteiger partial charge in [-0.1, -0.05) is 31.0 Å². The van der Waals surface area contributed by atoms with E-state index >= 15 is 0 Å². The first-order valence-electron chi connectivity index (χ1n) is 8.09. The summed E-state index contributed by atoms with van der Waals surface area (Å²) in [6.07, 6.45) is 3.83. The highest BCUT2D eigenvalue weighted by atomic mass is 35.5. The van der Waals surface area contributed by atoms with Crippen LogP contribution in [-0.4, -0.2) is 23.4 Å². The summed E-state index contributed by atoms with van der Waals surface area (Å²) in [6, 6.07) is 9.08. The number of para-hydroxylation sites is 1. The lowest BCUT2D eigenvalue weighted by Crippen LogP contribution is -2.62. The Hall–Kier alpha value is -1.36. The minimum atomic E-state index is -0.623. The van der Waals surface area contributed by atoms with Crippen molar-refractivity contribution in [2.24, 2.45) is 16.5 Å². The smallest absolute Gasteiger partial charge is 0.214 e. The highest BCUT2D eigenvalue weighted by molar-refractivity contribution is 6.17. The summed E-state index contributed by atoms with van der Waals surface area (Å²) in [6.45, 7) is 3.97. The Morgan fingerprint density at radius 3 is 2.52 bits per heavy atom. The quantitative estimate of drug-likeness (QED) is 0.616. The predicted molar refractivity (Wildman–Crippen MR) is 97.0 cm³/mol. The largest absolute Gasteiger partial charge is 0.441 e. The highest BCUT2D eigenvalue weighted by Gasteiger charge is 2.41. The third-order valence-corrected chi connectivity index (χ3v) is 4.80. The number of unbranched alkanes of at least 4 members (excludes halogenated alkanes) is 2. The van der Waals surface area contributed by atoms with Crippen molar-refractivity contribution in [2.45, 2.75) is 51.1 Å². The number of aliphatic imine (C=N–C) groups is 1. The summed E-state index contributed by atoms with van der Waals surface area (Å²) in [4.78, 5) is 4.53. The second-order valence-corrected chi connectivity index (χ2v) is 6.47. The molecule has 1 aromatic carbocycles. The van der Waals surface area contributed by atoms with Crippen LogP contribution in [0.3, 0.4) is 0 Å². The van der Waals surface area contributed by atoms with Crippen molar-refractivity contribution in [3.8, 4) is 5.75 Å². The Bertz CT molecular complexity index is 585. The molecule has 0 fully saturated rings. The Labute approximate surface area is 143 Å². The van der Waals surface area contributed by atoms with Crippen LogP contribution in [0.15, 0.2) is 46.6 Å². The first-order valence-corrected chi connectivity index (χ1v) is 8.62. The molecule has 0 spiro atoms. The van der Waals surface area contributed by atoms with Gasteiger partial charge in [-0.05, 0) is 44.4 Å². The van der Waals surface area contributed by atoms with Crippen molar-refractivity contribution in [3.63, 3.8) is 0 Å². The second kappa shape index (κ2) is 7.95. The fraction of sp³-hybridized carbons (Fsp3) is 0.500. The number of ether oxygens (including phenoxy) is 1. The molecule has 1 heterocycles. The zero-order valence-corrected chi connectivity index (χ0v) is 14.6. The van der Waals surface area contributed by atoms with Gasteiger partial charge in [0.25, 0.3) is 0 Å². The third kappa shape index (κ3) is 4.14. The van der Waals surface area contributed by atoms with E-state index < -0.39 is 11.6 Å². The molecular weight excluding hydrogens is 310 g/mol. The molecule has 2 atom stereocenters. The van der Waals surface area contributed by atoms with Gasteiger partial charge in [0, 0.05) is 11.6 Å². The van der Waals surface area contributed by atoms with Crippen LogP contribution in [0.4, 0.5) is 0 Å². The zero-order chi connectivity index (χ0) is 16.9. The highest BCUT2D eigenvalue weighted by Crippen LogP contribution is 2.32. The number of nitrogens with two attached hydrogens (primary N) is 2. The van der Waals surface area contributed by atoms with E-state index in [1.807, 2.05) is 44.2 Å². The number of allylic oxidation sites excluding steroid dienone is 1. The molecule has 0 bridgehead atoms. The molecule has 126 valence electrons. The van der Waals surface area contributed by atoms with Gasteiger partial charge in [-0.2, -0.15) is 0 Å². The molecular formula is C18H26ClN3O. The summed E-state index contributed by atoms with van der Waals surface area (Å²) in [7, 11) is 0. The fourth-order valence-electron chi connectivity index (χ4n) is 2.84. The summed E-state index contributed by atoms with van der Waals surface area (Å²) >= 11 is 5.75. The average molecular weight is 336 g/mol. The van der Waals surface area contributed by atoms with Gasteiger partial charge in [0.2, 0.25) is 5.90 Å². The third-order valence-electron chi connectivity index (χ3n) is 4.53. The van der Waals surface area contributed by atoms with Crippen LogP contribution in [0.5, 0.6) is 5.75 Å². The van der Waals surface area contributed by atoms with Crippen molar-refractivity contribution < 1.29 is 4.74 Å². The maximum Gasteiger partial charge on any atom is 0.214 e. The Kier molecular flexibility index (Phi) is 6.22. The van der Waals surface area contributed by atoms with E-state index in [2.05, 4.69) is 4.99 Å². The maximum absolute atomic E-state index is 6.69. The van der Waals surface area contributed by atoms with Crippen LogP contribution in [-0.2, 0) is 0 Å². The normalized spacial score (nSPS) is 24.6. The molecule has 0 amide bonds. The van der Waals surface area contributed by atoms with Crippen molar-refractivity contribution >= 4 is 17.5 Å². The fourth-order valence-corrected chi connectivity index (χ4v) is 3.03. The van der Waals surface area contributed by atoms with Crippen molar-refractivity contribution in [1.29, 1.82) is 0 Å². The van der Waals surface area contributed by atoms with Crippen molar-refractivity contribution in [2.75, 3.05) is 5.88 Å². The summed E-state index contributed by atoms with van der Waals surface area (Å²) in [5.74, 6) is 1.89. The minimum Gasteiger partial charge on any atom is -0.441 e. The molecule has 23 heavy (non-hydrogen) atoms. The average Bonchev–Trinajstić information content (AvgIpc) is 2.56. The molecule has 0 aromatic heterocycles. The van der Waals surface area contributed by atoms with Gasteiger partial charge < -0.3 is 16.2 Å². The van der Waals surface area contributed by atoms with Gasteiger partial charge >= 0.3 is 0 Å². The molecule has 0 aliphatic carbocycles. The van der Waals surface area contributed by atoms with E-state index in [-0.39, 0.29) is 0 Å². The van der Waals surface area contributed by atoms with Crippen molar-refractivity contribution in [3.05, 3.63) is 41.6 Å². The molecule has 1 aliphatic rings. The minimum absolute atomic E-state index is 0.456. The van der Waals surface area contributed by atoms with Gasteiger partial charge in [0.1, 0.15) is 11.8 Å². The molecule has 5 heteroatoms. The van der Waals surface area contributed by atoms with E-state index in [9.17, 15) is 0 Å². The number of hydrogen-bond acceptors (Lipinski definition) is 4. The van der Waals surface area contributed by atoms with Crippen LogP contribution in [0.1, 0.15) is 39.5 Å². The van der Waals surface area contributed by atoms with Gasteiger partial charge in [-0.15, -0.1) is 11.6 Å². The first-order chi connectivity index (χ1) is 11.0. The van der Waals surface area contributed by atoms with E-state index in [4.69, 9.17) is 27.8 Å². The Balaban J connectivity index is 2.17. The number of benzene rings is 1. The summed E-state index contributed by atoms with van der Waals surface area (Å²) < 4.78 is 5.90. The van der Waals surface area contributed by atoms with Crippen LogP contribution >= 0.6 is 11.6 Å². The van der Waals surface area contributed by atoms with E-state index in [1.54, 1.807) is 0 Å². The lowest BCUT2D eigenvalue weighted by atomic mass is 9.77. The van der Waals surface area contributed by atoms with Gasteiger partial charge in [-0.25, -0.2) is 4.99 Å². The standard InChI is InChI=1S/C18H26ClN3O/c1-13-14(2)22-17(23-15-9-5-3-6-10-15)16(20)18(13,21)11-7-4-8-12-19/h3,5-6,9-10,16H,4,7-8,11-12,20-21H2,1-2H3. The van der Waals surface area contributed by atoms with Gasteiger partial charge in [0.15, 0.2) is 0 Å². The van der Waals surface area contributed by atoms with Crippen molar-refractivity contribution in [1.82, 2.24) is 0 Å². The molecule has 4 N–H and O–H groups in total. The molecule has 0 radical (unpaired) electrons. The molecule has 0 saturated heterocycles. The molecule has 4 nitrogen and oxygen atoms in total. The lowest BCUT2D eigenvalue weighted by Gasteiger charge is -2.39. The number of hydrogen-bond donors (Lipinski definition) is 2. The molecule has 1 aliphatic heterocycles. The second-order valence-electron chi connectivity index (χ2n) is 6.09. The van der Waals surface area contributed by atoms with Crippen LogP contribution < -0.4 is 16.2 Å². The number of rotatable bonds is 6. The molecule has 2 rings (SSSR count). The molecule has 0 saturated carbocycles. The Morgan fingerprint density at radius 2 is 1.87 bits per heavy atom. The van der Waals surface area contributed by atoms with Crippen LogP contribution in [0.25, 0.3) is 0 Å². The van der Waals surface area contributed by atoms with E-state index in [1.165, 1.54) is 0 Å². The number of halogens is 1. The topological polar surface area (TPSA) is 73.6 Å². The number of alkyl halides is 1. The van der Waals surface area contributed by atoms with E-state index in [0.717, 1.165) is 42.7 Å². The summed E-state index contributed by atoms with van der Waals surface area (Å²) in [5, 5.41) is 0. The van der Waals surface area contributed by atoms with Gasteiger partial charge in [0.05, 0.1) is 5.54 Å². The van der Waals surface area contributed by atoms with Crippen LogP contribution in [0.2, 0.25) is 0 Å². The predicted octanol–water partition coefficient (Wildman–Crippen LogP) is 3.60. The lowest BCUT2D eigenvalue weighted by molar-refractivity contribution is 0.368. The monoisotopic (exact) mass is 335 g/mol. The first kappa shape index (κ1) is 18.0. The Morgan fingerprint density at radius 1 is 1.17 bits per heavy atom. The van der Waals surface area contributed by atoms with E-state index in [0.29, 0.717) is 11.8 Å². The number of nitrogens with zero attached hydrogens (tertiary/aromatic N) is 1. The SMILES string of the molecule is CC1=C(C)C(N)(CCCCCCl)C(N)C(Oc2ccccc2)=N1. The van der Waals surface area contributed by atoms with Crippen LogP contribution in [0, 0.1) is 0 Å². The summed E-state index contributed by atoms with van der Waals surface area (Å²) in [5.41, 5.74) is 14.4. The molecule has 2 unspecified atom stereocenters.